The van der Waals surface area contributed by atoms with E-state index in [0.29, 0.717) is 11.4 Å². The molecule has 2 N–H and O–H groups in total. The molecule has 7 heterocycles. The summed E-state index contributed by atoms with van der Waals surface area (Å²) in [6.45, 7) is 0. The highest BCUT2D eigenvalue weighted by Crippen LogP contribution is 2.50. The van der Waals surface area contributed by atoms with Crippen molar-refractivity contribution >= 4 is 51.2 Å². The first-order valence-electron chi connectivity index (χ1n) is 21.1. The van der Waals surface area contributed by atoms with Crippen LogP contribution in [0.25, 0.3) is 124 Å². The van der Waals surface area contributed by atoms with E-state index in [1.165, 1.54) is 0 Å². The van der Waals surface area contributed by atoms with Gasteiger partial charge in [0, 0.05) is 61.0 Å². The van der Waals surface area contributed by atoms with E-state index in [1.807, 2.05) is 54.6 Å². The maximum Gasteiger partial charge on any atom is 0.264 e. The fraction of sp³-hybridized carbons (Fsp3) is 0. The first-order chi connectivity index (χ1) is 31.2. The fourth-order valence-electron chi connectivity index (χ4n) is 9.66. The minimum absolute atomic E-state index is 0.0974. The Morgan fingerprint density at radius 2 is 0.794 bits per heavy atom. The predicted octanol–water partition coefficient (Wildman–Crippen LogP) is 13.5. The van der Waals surface area contributed by atoms with Crippen LogP contribution in [-0.4, -0.2) is 35.4 Å². The standard InChI is InChI=1S/C56H34N6O/c63-56-40-32-38-37(31-39(40)55-60-41-23-13-14-24-48(41)62(55)56)53-51(35-19-9-3-10-20-35)46-29-27-44(58-46)49(33-15-5-1-6-16-33)42-25-26-43(57-42)50(34-17-7-2-8-18-34)45-28-30-47(59-45)52(54(38)61-53)36-21-11-4-12-22-36/h1-32,58-59H. The van der Waals surface area contributed by atoms with Gasteiger partial charge in [0.05, 0.1) is 39.4 Å². The summed E-state index contributed by atoms with van der Waals surface area (Å²) in [4.78, 5) is 38.5. The Morgan fingerprint density at radius 3 is 1.29 bits per heavy atom. The lowest BCUT2D eigenvalue weighted by Crippen LogP contribution is -2.05. The van der Waals surface area contributed by atoms with Crippen LogP contribution in [0.4, 0.5) is 0 Å². The summed E-state index contributed by atoms with van der Waals surface area (Å²) in [7, 11) is 0. The van der Waals surface area contributed by atoms with E-state index in [9.17, 15) is 4.79 Å². The number of fused-ring (bicyclic) bond motifs is 16. The summed E-state index contributed by atoms with van der Waals surface area (Å²) in [5.74, 6) is 0.544. The van der Waals surface area contributed by atoms with E-state index < -0.39 is 0 Å². The van der Waals surface area contributed by atoms with E-state index in [2.05, 4.69) is 150 Å². The topological polar surface area (TPSA) is 92.2 Å². The average Bonchev–Trinajstić information content (AvgIpc) is 4.21. The van der Waals surface area contributed by atoms with Crippen LogP contribution in [-0.2, 0) is 0 Å². The van der Waals surface area contributed by atoms with Crippen molar-refractivity contribution in [1.82, 2.24) is 29.5 Å². The predicted molar refractivity (Wildman–Crippen MR) is 255 cm³/mol. The second-order valence-corrected chi connectivity index (χ2v) is 16.1. The third-order valence-corrected chi connectivity index (χ3v) is 12.5. The van der Waals surface area contributed by atoms with Gasteiger partial charge in [0.25, 0.3) is 5.91 Å². The summed E-state index contributed by atoms with van der Waals surface area (Å²) in [6, 6.07) is 62.3. The highest BCUT2D eigenvalue weighted by atomic mass is 16.2. The molecule has 294 valence electrons. The normalized spacial score (nSPS) is 12.4. The molecule has 10 aromatic rings. The molecule has 0 amide bonds. The van der Waals surface area contributed by atoms with E-state index in [-0.39, 0.29) is 5.91 Å². The zero-order valence-corrected chi connectivity index (χ0v) is 33.7. The number of H-pyrrole nitrogens is 2. The smallest absolute Gasteiger partial charge is 0.264 e. The van der Waals surface area contributed by atoms with E-state index in [4.69, 9.17) is 15.0 Å². The highest BCUT2D eigenvalue weighted by molar-refractivity contribution is 6.16. The van der Waals surface area contributed by atoms with Gasteiger partial charge in [-0.2, -0.15) is 0 Å². The van der Waals surface area contributed by atoms with Crippen molar-refractivity contribution in [2.24, 2.45) is 0 Å². The third kappa shape index (κ3) is 5.40. The molecule has 13 rings (SSSR count). The summed E-state index contributed by atoms with van der Waals surface area (Å²) in [6.07, 6.45) is 4.25. The fourth-order valence-corrected chi connectivity index (χ4v) is 9.66. The molecule has 6 aromatic carbocycles. The van der Waals surface area contributed by atoms with Crippen LogP contribution < -0.4 is 0 Å². The zero-order chi connectivity index (χ0) is 41.6. The lowest BCUT2D eigenvalue weighted by Gasteiger charge is -2.10. The number of nitrogens with zero attached hydrogens (tertiary/aromatic N) is 4. The molecule has 3 aliphatic rings. The molecule has 8 bridgehead atoms. The van der Waals surface area contributed by atoms with Crippen LogP contribution in [0.5, 0.6) is 0 Å². The Morgan fingerprint density at radius 1 is 0.381 bits per heavy atom. The van der Waals surface area contributed by atoms with Gasteiger partial charge in [-0.1, -0.05) is 133 Å². The van der Waals surface area contributed by atoms with Crippen LogP contribution in [0.15, 0.2) is 182 Å². The van der Waals surface area contributed by atoms with Gasteiger partial charge in [0.1, 0.15) is 5.82 Å². The van der Waals surface area contributed by atoms with Crippen molar-refractivity contribution in [1.29, 1.82) is 0 Å². The van der Waals surface area contributed by atoms with Crippen LogP contribution in [0, 0.1) is 0 Å². The highest BCUT2D eigenvalue weighted by Gasteiger charge is 2.35. The molecule has 4 aromatic heterocycles. The van der Waals surface area contributed by atoms with Crippen molar-refractivity contribution in [3.63, 3.8) is 0 Å². The van der Waals surface area contributed by atoms with Crippen molar-refractivity contribution in [3.05, 3.63) is 199 Å². The van der Waals surface area contributed by atoms with Crippen LogP contribution in [0.3, 0.4) is 0 Å². The molecule has 0 saturated heterocycles. The number of aromatic amines is 2. The maximum atomic E-state index is 14.6. The SMILES string of the molecule is O=C1c2cc3c(cc2-c2nc4ccccc4n21)-c1nc-3c(-c2ccccc2)c2ccc([nH]2)c(-c2ccccc2)c2nc(c(-c3ccccc3)c3ccc([nH]3)c1-c1ccccc1)C=C2. The van der Waals surface area contributed by atoms with Gasteiger partial charge >= 0.3 is 0 Å². The molecule has 0 unspecified atom stereocenters. The van der Waals surface area contributed by atoms with E-state index >= 15 is 0 Å². The third-order valence-electron chi connectivity index (χ3n) is 12.5. The second kappa shape index (κ2) is 13.7. The lowest BCUT2D eigenvalue weighted by atomic mass is 9.91. The molecule has 3 aliphatic heterocycles. The quantitative estimate of drug-likeness (QED) is 0.185. The first kappa shape index (κ1) is 35.1. The van der Waals surface area contributed by atoms with Gasteiger partial charge in [0.15, 0.2) is 0 Å². The summed E-state index contributed by atoms with van der Waals surface area (Å²) < 4.78 is 1.76. The zero-order valence-electron chi connectivity index (χ0n) is 33.7. The molecule has 7 heteroatoms. The Balaban J connectivity index is 1.24. The van der Waals surface area contributed by atoms with Gasteiger partial charge in [-0.05, 0) is 82.9 Å². The van der Waals surface area contributed by atoms with Gasteiger partial charge < -0.3 is 9.97 Å². The van der Waals surface area contributed by atoms with Gasteiger partial charge in [-0.3, -0.25) is 9.36 Å². The van der Waals surface area contributed by atoms with Gasteiger partial charge in [-0.25, -0.2) is 15.0 Å². The van der Waals surface area contributed by atoms with E-state index in [0.717, 1.165) is 117 Å². The minimum Gasteiger partial charge on any atom is -0.354 e. The molecular weight excluding hydrogens is 773 g/mol. The number of carbonyl (C=O) groups excluding carboxylic acids is 1. The Labute approximate surface area is 361 Å². The molecular formula is C56H34N6O. The number of nitrogens with one attached hydrogen (secondary N) is 2. The summed E-state index contributed by atoms with van der Waals surface area (Å²) in [5, 5.41) is 0. The molecule has 0 fully saturated rings. The Kier molecular flexibility index (Phi) is 7.62. The number of carbonyl (C=O) groups is 1. The van der Waals surface area contributed by atoms with Crippen molar-refractivity contribution in [3.8, 4) is 78.4 Å². The number of aromatic nitrogens is 6. The summed E-state index contributed by atoms with van der Waals surface area (Å²) in [5.41, 5.74) is 19.6. The number of para-hydroxylation sites is 2. The Hall–Kier alpha value is -8.68. The molecule has 7 nitrogen and oxygen atoms in total. The molecule has 0 atom stereocenters. The largest absolute Gasteiger partial charge is 0.354 e. The van der Waals surface area contributed by atoms with Crippen LogP contribution in [0.1, 0.15) is 21.7 Å². The van der Waals surface area contributed by atoms with Crippen LogP contribution in [0.2, 0.25) is 0 Å². The molecule has 0 saturated carbocycles. The summed E-state index contributed by atoms with van der Waals surface area (Å²) >= 11 is 0. The van der Waals surface area contributed by atoms with Crippen LogP contribution >= 0.6 is 0 Å². The van der Waals surface area contributed by atoms with Crippen molar-refractivity contribution in [2.45, 2.75) is 0 Å². The van der Waals surface area contributed by atoms with Crippen molar-refractivity contribution in [2.75, 3.05) is 0 Å². The number of hydrogen-bond donors (Lipinski definition) is 2. The maximum absolute atomic E-state index is 14.6. The van der Waals surface area contributed by atoms with Crippen molar-refractivity contribution < 1.29 is 4.79 Å². The minimum atomic E-state index is -0.0974. The number of imidazole rings is 1. The Bertz CT molecular complexity index is 3730. The van der Waals surface area contributed by atoms with Gasteiger partial charge in [0.2, 0.25) is 0 Å². The first-order valence-corrected chi connectivity index (χ1v) is 21.1. The number of benzene rings is 6. The molecule has 63 heavy (non-hydrogen) atoms. The average molecular weight is 807 g/mol. The van der Waals surface area contributed by atoms with E-state index in [1.54, 1.807) is 4.57 Å². The molecule has 0 radical (unpaired) electrons. The number of rotatable bonds is 4. The number of hydrogen-bond acceptors (Lipinski definition) is 4. The van der Waals surface area contributed by atoms with Gasteiger partial charge in [-0.15, -0.1) is 0 Å². The molecule has 0 spiro atoms. The lowest BCUT2D eigenvalue weighted by molar-refractivity contribution is 0.0973. The second-order valence-electron chi connectivity index (χ2n) is 16.1. The monoisotopic (exact) mass is 806 g/mol. The molecule has 0 aliphatic carbocycles.